The molecule has 1 aliphatic carbocycles. The van der Waals surface area contributed by atoms with Crippen LogP contribution < -0.4 is 11.5 Å². The van der Waals surface area contributed by atoms with E-state index >= 15 is 0 Å². The van der Waals surface area contributed by atoms with E-state index in [0.29, 0.717) is 0 Å². The van der Waals surface area contributed by atoms with Gasteiger partial charge in [-0.2, -0.15) is 0 Å². The van der Waals surface area contributed by atoms with Gasteiger partial charge < -0.3 is 11.5 Å². The van der Waals surface area contributed by atoms with Gasteiger partial charge >= 0.3 is 0 Å². The average Bonchev–Trinajstić information content (AvgIpc) is 2.46. The second-order valence-corrected chi connectivity index (χ2v) is 6.16. The topological polar surface area (TPSA) is 52.0 Å². The Bertz CT molecular complexity index is 363. The van der Waals surface area contributed by atoms with Gasteiger partial charge in [-0.25, -0.2) is 0 Å². The summed E-state index contributed by atoms with van der Waals surface area (Å²) in [4.78, 5) is 0. The fourth-order valence-electron chi connectivity index (χ4n) is 3.06. The van der Waals surface area contributed by atoms with E-state index < -0.39 is 0 Å². The van der Waals surface area contributed by atoms with Gasteiger partial charge in [0.15, 0.2) is 0 Å². The molecular formula is C17H28N2. The second kappa shape index (κ2) is 7.06. The third-order valence-corrected chi connectivity index (χ3v) is 4.37. The van der Waals surface area contributed by atoms with Crippen LogP contribution in [-0.2, 0) is 0 Å². The summed E-state index contributed by atoms with van der Waals surface area (Å²) < 4.78 is 0. The molecule has 19 heavy (non-hydrogen) atoms. The molecule has 0 saturated heterocycles. The number of hydrogen-bond acceptors (Lipinski definition) is 2. The molecule has 1 saturated carbocycles. The van der Waals surface area contributed by atoms with Crippen LogP contribution in [0.15, 0.2) is 24.3 Å². The predicted octanol–water partition coefficient (Wildman–Crippen LogP) is 3.86. The minimum atomic E-state index is 0.131. The van der Waals surface area contributed by atoms with Crippen molar-refractivity contribution in [3.63, 3.8) is 0 Å². The lowest BCUT2D eigenvalue weighted by Crippen LogP contribution is -2.19. The highest BCUT2D eigenvalue weighted by Crippen LogP contribution is 2.33. The molecule has 0 spiro atoms. The number of hydrogen-bond donors (Lipinski definition) is 2. The molecule has 106 valence electrons. The lowest BCUT2D eigenvalue weighted by atomic mass is 9.83. The molecule has 1 fully saturated rings. The Balaban J connectivity index is 1.93. The Kier molecular flexibility index (Phi) is 5.41. The highest BCUT2D eigenvalue weighted by atomic mass is 14.6. The minimum Gasteiger partial charge on any atom is -0.328 e. The molecule has 0 heterocycles. The van der Waals surface area contributed by atoms with Crippen molar-refractivity contribution in [1.29, 1.82) is 0 Å². The predicted molar refractivity (Wildman–Crippen MR) is 82.1 cm³/mol. The molecule has 4 N–H and O–H groups in total. The molecule has 1 aromatic rings. The van der Waals surface area contributed by atoms with Crippen LogP contribution in [0.3, 0.4) is 0 Å². The van der Waals surface area contributed by atoms with Gasteiger partial charge in [-0.05, 0) is 49.7 Å². The third-order valence-electron chi connectivity index (χ3n) is 4.37. The van der Waals surface area contributed by atoms with Crippen molar-refractivity contribution < 1.29 is 0 Å². The maximum atomic E-state index is 6.22. The molecule has 0 aliphatic heterocycles. The van der Waals surface area contributed by atoms with Gasteiger partial charge in [0.1, 0.15) is 0 Å². The van der Waals surface area contributed by atoms with Crippen molar-refractivity contribution in [2.24, 2.45) is 11.5 Å². The highest BCUT2D eigenvalue weighted by molar-refractivity contribution is 5.27. The van der Waals surface area contributed by atoms with Gasteiger partial charge in [0.25, 0.3) is 0 Å². The summed E-state index contributed by atoms with van der Waals surface area (Å²) in [5, 5.41) is 0. The van der Waals surface area contributed by atoms with Crippen LogP contribution in [0.1, 0.15) is 75.0 Å². The van der Waals surface area contributed by atoms with Crippen LogP contribution in [0.5, 0.6) is 0 Å². The zero-order valence-electron chi connectivity index (χ0n) is 12.1. The van der Waals surface area contributed by atoms with E-state index in [1.165, 1.54) is 43.2 Å². The molecular weight excluding hydrogens is 232 g/mol. The van der Waals surface area contributed by atoms with E-state index in [1.54, 1.807) is 0 Å². The van der Waals surface area contributed by atoms with Crippen LogP contribution in [0.25, 0.3) is 0 Å². The van der Waals surface area contributed by atoms with E-state index in [2.05, 4.69) is 24.3 Å². The van der Waals surface area contributed by atoms with Gasteiger partial charge in [0.2, 0.25) is 0 Å². The summed E-state index contributed by atoms with van der Waals surface area (Å²) in [6.07, 6.45) is 8.87. The molecule has 2 nitrogen and oxygen atoms in total. The first-order chi connectivity index (χ1) is 9.16. The average molecular weight is 260 g/mol. The molecule has 0 bridgehead atoms. The monoisotopic (exact) mass is 260 g/mol. The molecule has 0 aromatic heterocycles. The normalized spacial score (nSPS) is 20.2. The third kappa shape index (κ3) is 4.32. The fourth-order valence-corrected chi connectivity index (χ4v) is 3.06. The Morgan fingerprint density at radius 2 is 1.63 bits per heavy atom. The molecule has 0 radical (unpaired) electrons. The van der Waals surface area contributed by atoms with Gasteiger partial charge in [0.05, 0.1) is 0 Å². The van der Waals surface area contributed by atoms with E-state index in [0.717, 1.165) is 18.8 Å². The smallest absolute Gasteiger partial charge is 0.0295 e. The van der Waals surface area contributed by atoms with Gasteiger partial charge in [0, 0.05) is 12.1 Å². The molecule has 2 heteroatoms. The van der Waals surface area contributed by atoms with E-state index in [4.69, 9.17) is 11.5 Å². The second-order valence-electron chi connectivity index (χ2n) is 6.16. The summed E-state index contributed by atoms with van der Waals surface area (Å²) in [7, 11) is 0. The molecule has 2 unspecified atom stereocenters. The Morgan fingerprint density at radius 1 is 1.00 bits per heavy atom. The Morgan fingerprint density at radius 3 is 2.21 bits per heavy atom. The van der Waals surface area contributed by atoms with Crippen molar-refractivity contribution in [1.82, 2.24) is 0 Å². The standard InChI is InChI=1S/C17H28N2/c1-13(18)7-12-17(19)16-10-8-15(9-11-16)14-5-3-2-4-6-14/h8-11,13-14,17H,2-7,12,18-19H2,1H3. The summed E-state index contributed by atoms with van der Waals surface area (Å²) in [5.74, 6) is 0.781. The zero-order valence-corrected chi connectivity index (χ0v) is 12.1. The largest absolute Gasteiger partial charge is 0.328 e. The summed E-state index contributed by atoms with van der Waals surface area (Å²) >= 11 is 0. The SMILES string of the molecule is CC(N)CCC(N)c1ccc(C2CCCCC2)cc1. The molecule has 2 atom stereocenters. The van der Waals surface area contributed by atoms with Crippen molar-refractivity contribution >= 4 is 0 Å². The van der Waals surface area contributed by atoms with E-state index in [9.17, 15) is 0 Å². The first-order valence-corrected chi connectivity index (χ1v) is 7.78. The number of rotatable bonds is 5. The first-order valence-electron chi connectivity index (χ1n) is 7.78. The molecule has 1 aromatic carbocycles. The summed E-state index contributed by atoms with van der Waals surface area (Å²) in [6, 6.07) is 9.39. The highest BCUT2D eigenvalue weighted by Gasteiger charge is 2.15. The van der Waals surface area contributed by atoms with Gasteiger partial charge in [-0.3, -0.25) is 0 Å². The molecule has 1 aliphatic rings. The zero-order chi connectivity index (χ0) is 13.7. The maximum absolute atomic E-state index is 6.22. The lowest BCUT2D eigenvalue weighted by Gasteiger charge is -2.22. The number of benzene rings is 1. The maximum Gasteiger partial charge on any atom is 0.0295 e. The van der Waals surface area contributed by atoms with Gasteiger partial charge in [-0.15, -0.1) is 0 Å². The van der Waals surface area contributed by atoms with Crippen LogP contribution in [0.4, 0.5) is 0 Å². The Labute approximate surface area is 117 Å². The Hall–Kier alpha value is -0.860. The van der Waals surface area contributed by atoms with Crippen LogP contribution in [0, 0.1) is 0 Å². The van der Waals surface area contributed by atoms with Crippen LogP contribution in [-0.4, -0.2) is 6.04 Å². The summed E-state index contributed by atoms with van der Waals surface area (Å²) in [5.41, 5.74) is 14.8. The summed E-state index contributed by atoms with van der Waals surface area (Å²) in [6.45, 7) is 2.04. The fraction of sp³-hybridized carbons (Fsp3) is 0.647. The first kappa shape index (κ1) is 14.5. The molecule has 0 amide bonds. The van der Waals surface area contributed by atoms with Gasteiger partial charge in [-0.1, -0.05) is 43.5 Å². The minimum absolute atomic E-state index is 0.131. The van der Waals surface area contributed by atoms with Crippen molar-refractivity contribution in [3.05, 3.63) is 35.4 Å². The molecule has 2 rings (SSSR count). The lowest BCUT2D eigenvalue weighted by molar-refractivity contribution is 0.443. The van der Waals surface area contributed by atoms with Crippen molar-refractivity contribution in [3.8, 4) is 0 Å². The van der Waals surface area contributed by atoms with Crippen molar-refractivity contribution in [2.45, 2.75) is 69.9 Å². The van der Waals surface area contributed by atoms with Crippen molar-refractivity contribution in [2.75, 3.05) is 0 Å². The van der Waals surface area contributed by atoms with E-state index in [-0.39, 0.29) is 12.1 Å². The number of nitrogens with two attached hydrogens (primary N) is 2. The van der Waals surface area contributed by atoms with E-state index in [1.807, 2.05) is 6.92 Å². The van der Waals surface area contributed by atoms with Crippen LogP contribution in [0.2, 0.25) is 0 Å². The quantitative estimate of drug-likeness (QED) is 0.844. The van der Waals surface area contributed by atoms with Crippen LogP contribution >= 0.6 is 0 Å².